The molecule has 0 aromatic rings. The zero-order chi connectivity index (χ0) is 11.1. The predicted octanol–water partition coefficient (Wildman–Crippen LogP) is 1.13. The summed E-state index contributed by atoms with van der Waals surface area (Å²) in [7, 11) is 1.79. The molecule has 0 aromatic carbocycles. The van der Waals surface area contributed by atoms with Crippen molar-refractivity contribution in [1.29, 1.82) is 0 Å². The third kappa shape index (κ3) is 3.38. The molecule has 0 atom stereocenters. The molecule has 0 bridgehead atoms. The highest BCUT2D eigenvalue weighted by atomic mass is 16.5. The first-order chi connectivity index (χ1) is 7.26. The fourth-order valence-corrected chi connectivity index (χ4v) is 1.73. The maximum atomic E-state index is 5.52. The predicted molar refractivity (Wildman–Crippen MR) is 63.2 cm³/mol. The number of aliphatic imine (C=N–C) groups is 1. The van der Waals surface area contributed by atoms with Crippen molar-refractivity contribution >= 4 is 5.96 Å². The first-order valence-electron chi connectivity index (χ1n) is 5.83. The molecule has 15 heavy (non-hydrogen) atoms. The number of hydrogen-bond acceptors (Lipinski definition) is 2. The van der Waals surface area contributed by atoms with Crippen LogP contribution >= 0.6 is 0 Å². The lowest BCUT2D eigenvalue weighted by atomic mass is 9.80. The molecule has 4 heteroatoms. The molecule has 4 nitrogen and oxygen atoms in total. The van der Waals surface area contributed by atoms with Crippen molar-refractivity contribution in [2.75, 3.05) is 26.7 Å². The Labute approximate surface area is 92.5 Å². The Morgan fingerprint density at radius 1 is 1.27 bits per heavy atom. The third-order valence-electron chi connectivity index (χ3n) is 2.91. The van der Waals surface area contributed by atoms with Crippen molar-refractivity contribution in [1.82, 2.24) is 10.6 Å². The van der Waals surface area contributed by atoms with E-state index in [0.717, 1.165) is 38.4 Å². The Hall–Kier alpha value is -0.770. The summed E-state index contributed by atoms with van der Waals surface area (Å²) in [5, 5.41) is 6.42. The minimum atomic E-state index is 0.0239. The van der Waals surface area contributed by atoms with Gasteiger partial charge in [-0.05, 0) is 33.1 Å². The fourth-order valence-electron chi connectivity index (χ4n) is 1.73. The van der Waals surface area contributed by atoms with Crippen LogP contribution in [-0.2, 0) is 4.74 Å². The minimum Gasteiger partial charge on any atom is -0.376 e. The van der Waals surface area contributed by atoms with Crippen molar-refractivity contribution in [2.45, 2.75) is 38.7 Å². The molecule has 1 aliphatic carbocycles. The Balaban J connectivity index is 2.43. The molecule has 0 radical (unpaired) electrons. The molecule has 0 amide bonds. The first-order valence-corrected chi connectivity index (χ1v) is 5.83. The van der Waals surface area contributed by atoms with Crippen molar-refractivity contribution in [3.63, 3.8) is 0 Å². The quantitative estimate of drug-likeness (QED) is 0.531. The summed E-state index contributed by atoms with van der Waals surface area (Å²) in [6, 6.07) is 0. The molecule has 0 heterocycles. The maximum absolute atomic E-state index is 5.52. The Morgan fingerprint density at radius 2 is 1.87 bits per heavy atom. The molecule has 0 aliphatic heterocycles. The van der Waals surface area contributed by atoms with Crippen molar-refractivity contribution < 1.29 is 4.74 Å². The van der Waals surface area contributed by atoms with Crippen LogP contribution in [0.4, 0.5) is 0 Å². The molecule has 1 fully saturated rings. The summed E-state index contributed by atoms with van der Waals surface area (Å²) in [6.45, 7) is 6.70. The molecule has 1 aliphatic rings. The van der Waals surface area contributed by atoms with E-state index in [2.05, 4.69) is 29.5 Å². The Kier molecular flexibility index (Phi) is 4.88. The molecule has 1 saturated carbocycles. The van der Waals surface area contributed by atoms with Gasteiger partial charge in [0.25, 0.3) is 0 Å². The number of hydrogen-bond donors (Lipinski definition) is 2. The van der Waals surface area contributed by atoms with Crippen LogP contribution in [0.1, 0.15) is 33.1 Å². The van der Waals surface area contributed by atoms with Gasteiger partial charge in [0.15, 0.2) is 5.96 Å². The van der Waals surface area contributed by atoms with Crippen LogP contribution in [-0.4, -0.2) is 38.3 Å². The molecule has 2 N–H and O–H groups in total. The fraction of sp³-hybridized carbons (Fsp3) is 0.909. The van der Waals surface area contributed by atoms with Gasteiger partial charge in [-0.3, -0.25) is 4.99 Å². The van der Waals surface area contributed by atoms with Gasteiger partial charge < -0.3 is 15.4 Å². The van der Waals surface area contributed by atoms with Gasteiger partial charge in [-0.25, -0.2) is 0 Å². The van der Waals surface area contributed by atoms with E-state index in [-0.39, 0.29) is 5.60 Å². The lowest BCUT2D eigenvalue weighted by Crippen LogP contribution is -2.44. The Bertz CT molecular complexity index is 198. The molecule has 0 aromatic heterocycles. The molecular formula is C11H23N3O. The van der Waals surface area contributed by atoms with Crippen LogP contribution in [0.3, 0.4) is 0 Å². The van der Waals surface area contributed by atoms with E-state index in [9.17, 15) is 0 Å². The SMILES string of the molecule is CCNC(=NCC1(OC)CCC1)NCC. The standard InChI is InChI=1S/C11H23N3O/c1-4-12-10(13-5-2)14-9-11(15-3)7-6-8-11/h4-9H2,1-3H3,(H2,12,13,14). The molecule has 0 saturated heterocycles. The molecular weight excluding hydrogens is 190 g/mol. The first kappa shape index (κ1) is 12.3. The smallest absolute Gasteiger partial charge is 0.191 e. The second-order valence-electron chi connectivity index (χ2n) is 3.97. The number of ether oxygens (including phenoxy) is 1. The lowest BCUT2D eigenvalue weighted by molar-refractivity contribution is -0.0630. The van der Waals surface area contributed by atoms with Crippen LogP contribution in [0.2, 0.25) is 0 Å². The van der Waals surface area contributed by atoms with Crippen molar-refractivity contribution in [2.24, 2.45) is 4.99 Å². The van der Waals surface area contributed by atoms with Crippen molar-refractivity contribution in [3.8, 4) is 0 Å². The monoisotopic (exact) mass is 213 g/mol. The summed E-state index contributed by atoms with van der Waals surface area (Å²) in [4.78, 5) is 4.54. The van der Waals surface area contributed by atoms with E-state index in [0.29, 0.717) is 0 Å². The summed E-state index contributed by atoms with van der Waals surface area (Å²) in [5.41, 5.74) is 0.0239. The van der Waals surface area contributed by atoms with Crippen LogP contribution in [0, 0.1) is 0 Å². The lowest BCUT2D eigenvalue weighted by Gasteiger charge is -2.39. The number of methoxy groups -OCH3 is 1. The summed E-state index contributed by atoms with van der Waals surface area (Å²) in [5.74, 6) is 0.892. The Morgan fingerprint density at radius 3 is 2.20 bits per heavy atom. The van der Waals surface area contributed by atoms with E-state index >= 15 is 0 Å². The molecule has 0 spiro atoms. The third-order valence-corrected chi connectivity index (χ3v) is 2.91. The second-order valence-corrected chi connectivity index (χ2v) is 3.97. The molecule has 1 rings (SSSR count). The van der Waals surface area contributed by atoms with E-state index < -0.39 is 0 Å². The minimum absolute atomic E-state index is 0.0239. The summed E-state index contributed by atoms with van der Waals surface area (Å²) < 4.78 is 5.52. The number of guanidine groups is 1. The van der Waals surface area contributed by atoms with Crippen LogP contribution < -0.4 is 10.6 Å². The number of nitrogens with zero attached hydrogens (tertiary/aromatic N) is 1. The average molecular weight is 213 g/mol. The second kappa shape index (κ2) is 5.95. The van der Waals surface area contributed by atoms with Gasteiger partial charge in [0.2, 0.25) is 0 Å². The van der Waals surface area contributed by atoms with Gasteiger partial charge in [-0.1, -0.05) is 0 Å². The van der Waals surface area contributed by atoms with Crippen LogP contribution in [0.15, 0.2) is 4.99 Å². The van der Waals surface area contributed by atoms with E-state index in [1.165, 1.54) is 6.42 Å². The highest BCUT2D eigenvalue weighted by Gasteiger charge is 2.36. The van der Waals surface area contributed by atoms with Gasteiger partial charge in [0.05, 0.1) is 12.1 Å². The van der Waals surface area contributed by atoms with E-state index in [1.807, 2.05) is 0 Å². The zero-order valence-electron chi connectivity index (χ0n) is 10.1. The maximum Gasteiger partial charge on any atom is 0.191 e. The summed E-state index contributed by atoms with van der Waals surface area (Å²) >= 11 is 0. The van der Waals surface area contributed by atoms with Crippen LogP contribution in [0.5, 0.6) is 0 Å². The van der Waals surface area contributed by atoms with Crippen molar-refractivity contribution in [3.05, 3.63) is 0 Å². The highest BCUT2D eigenvalue weighted by Crippen LogP contribution is 2.35. The topological polar surface area (TPSA) is 45.7 Å². The largest absolute Gasteiger partial charge is 0.376 e. The average Bonchev–Trinajstić information content (AvgIpc) is 2.17. The highest BCUT2D eigenvalue weighted by molar-refractivity contribution is 5.79. The molecule has 88 valence electrons. The van der Waals surface area contributed by atoms with Gasteiger partial charge >= 0.3 is 0 Å². The van der Waals surface area contributed by atoms with Gasteiger partial charge in [-0.2, -0.15) is 0 Å². The number of rotatable bonds is 5. The van der Waals surface area contributed by atoms with E-state index in [1.54, 1.807) is 7.11 Å². The molecule has 0 unspecified atom stereocenters. The van der Waals surface area contributed by atoms with Gasteiger partial charge in [0.1, 0.15) is 0 Å². The van der Waals surface area contributed by atoms with E-state index in [4.69, 9.17) is 4.74 Å². The number of nitrogens with one attached hydrogen (secondary N) is 2. The van der Waals surface area contributed by atoms with Gasteiger partial charge in [-0.15, -0.1) is 0 Å². The zero-order valence-corrected chi connectivity index (χ0v) is 10.1. The van der Waals surface area contributed by atoms with Gasteiger partial charge in [0, 0.05) is 20.2 Å². The summed E-state index contributed by atoms with van der Waals surface area (Å²) in [6.07, 6.45) is 3.54. The van der Waals surface area contributed by atoms with Crippen LogP contribution in [0.25, 0.3) is 0 Å². The normalized spacial score (nSPS) is 17.8.